The zero-order valence-electron chi connectivity index (χ0n) is 9.92. The van der Waals surface area contributed by atoms with E-state index in [9.17, 15) is 8.42 Å². The normalized spacial score (nSPS) is 11.9. The number of hydrogen-bond donors (Lipinski definition) is 0. The molecule has 0 amide bonds. The van der Waals surface area contributed by atoms with Crippen molar-refractivity contribution in [3.8, 4) is 5.13 Å². The third-order valence-corrected chi connectivity index (χ3v) is 4.68. The molecule has 2 aromatic rings. The van der Waals surface area contributed by atoms with Gasteiger partial charge in [-0.3, -0.25) is 0 Å². The van der Waals surface area contributed by atoms with Crippen LogP contribution in [-0.4, -0.2) is 23.2 Å². The minimum atomic E-state index is -3.79. The number of nitrogens with zero attached hydrogens (tertiary/aromatic N) is 3. The van der Waals surface area contributed by atoms with Gasteiger partial charge in [-0.15, -0.1) is 11.3 Å². The first-order valence-electron chi connectivity index (χ1n) is 5.44. The van der Waals surface area contributed by atoms with Crippen LogP contribution in [0.3, 0.4) is 0 Å². The maximum absolute atomic E-state index is 11.7. The molecule has 18 heavy (non-hydrogen) atoms. The van der Waals surface area contributed by atoms with Crippen LogP contribution < -0.4 is 0 Å². The molecule has 0 aliphatic rings. The van der Waals surface area contributed by atoms with Gasteiger partial charge in [0.05, 0.1) is 11.4 Å². The van der Waals surface area contributed by atoms with E-state index >= 15 is 0 Å². The highest BCUT2D eigenvalue weighted by Crippen LogP contribution is 2.28. The average molecular weight is 306 g/mol. The first-order chi connectivity index (χ1) is 8.49. The van der Waals surface area contributed by atoms with E-state index in [0.29, 0.717) is 29.4 Å². The van der Waals surface area contributed by atoms with Gasteiger partial charge in [0.1, 0.15) is 4.90 Å². The van der Waals surface area contributed by atoms with Gasteiger partial charge in [-0.05, 0) is 12.8 Å². The second kappa shape index (κ2) is 4.99. The SMILES string of the molecule is CCc1nn(-c2nccs2)c(CC)c1S(=O)(=O)Cl. The van der Waals surface area contributed by atoms with Crippen LogP contribution in [-0.2, 0) is 21.9 Å². The summed E-state index contributed by atoms with van der Waals surface area (Å²) in [6.07, 6.45) is 2.68. The van der Waals surface area contributed by atoms with Crippen molar-refractivity contribution >= 4 is 31.1 Å². The minimum Gasteiger partial charge on any atom is -0.227 e. The molecule has 0 radical (unpaired) electrons. The smallest absolute Gasteiger partial charge is 0.227 e. The van der Waals surface area contributed by atoms with Crippen LogP contribution in [0.15, 0.2) is 16.5 Å². The van der Waals surface area contributed by atoms with Gasteiger partial charge in [0.2, 0.25) is 5.13 Å². The Morgan fingerprint density at radius 1 is 1.39 bits per heavy atom. The maximum atomic E-state index is 11.7. The number of hydrogen-bond acceptors (Lipinski definition) is 5. The molecule has 0 fully saturated rings. The quantitative estimate of drug-likeness (QED) is 0.814. The lowest BCUT2D eigenvalue weighted by molar-refractivity contribution is 0.607. The van der Waals surface area contributed by atoms with Crippen molar-refractivity contribution in [2.75, 3.05) is 0 Å². The molecular formula is C10H12ClN3O2S2. The first kappa shape index (κ1) is 13.5. The number of aryl methyl sites for hydroxylation is 1. The van der Waals surface area contributed by atoms with E-state index in [0.717, 1.165) is 0 Å². The molecule has 5 nitrogen and oxygen atoms in total. The predicted octanol–water partition coefficient (Wildman–Crippen LogP) is 2.38. The van der Waals surface area contributed by atoms with Crippen molar-refractivity contribution < 1.29 is 8.42 Å². The van der Waals surface area contributed by atoms with Crippen LogP contribution in [0.1, 0.15) is 25.2 Å². The second-order valence-electron chi connectivity index (χ2n) is 3.59. The lowest BCUT2D eigenvalue weighted by Gasteiger charge is -2.02. The summed E-state index contributed by atoms with van der Waals surface area (Å²) in [6.45, 7) is 3.71. The summed E-state index contributed by atoms with van der Waals surface area (Å²) in [5.41, 5.74) is 1.06. The Morgan fingerprint density at radius 2 is 2.11 bits per heavy atom. The van der Waals surface area contributed by atoms with Crippen molar-refractivity contribution in [1.29, 1.82) is 0 Å². The average Bonchev–Trinajstić information content (AvgIpc) is 2.93. The van der Waals surface area contributed by atoms with Crippen molar-refractivity contribution in [3.63, 3.8) is 0 Å². The van der Waals surface area contributed by atoms with Gasteiger partial charge in [-0.1, -0.05) is 13.8 Å². The Hall–Kier alpha value is -0.920. The third kappa shape index (κ3) is 2.30. The van der Waals surface area contributed by atoms with E-state index in [1.54, 1.807) is 10.9 Å². The van der Waals surface area contributed by atoms with E-state index in [1.165, 1.54) is 11.3 Å². The van der Waals surface area contributed by atoms with Crippen LogP contribution in [0.4, 0.5) is 0 Å². The lowest BCUT2D eigenvalue weighted by Crippen LogP contribution is -2.03. The molecule has 2 aromatic heterocycles. The molecule has 8 heteroatoms. The van der Waals surface area contributed by atoms with Crippen LogP contribution in [0.2, 0.25) is 0 Å². The molecule has 98 valence electrons. The third-order valence-electron chi connectivity index (χ3n) is 2.51. The van der Waals surface area contributed by atoms with Crippen molar-refractivity contribution in [2.45, 2.75) is 31.6 Å². The minimum absolute atomic E-state index is 0.129. The van der Waals surface area contributed by atoms with E-state index < -0.39 is 9.05 Å². The Balaban J connectivity index is 2.75. The molecule has 2 heterocycles. The summed E-state index contributed by atoms with van der Waals surface area (Å²) in [5, 5.41) is 6.77. The molecule has 0 spiro atoms. The first-order valence-corrected chi connectivity index (χ1v) is 8.63. The van der Waals surface area contributed by atoms with Gasteiger partial charge < -0.3 is 0 Å². The van der Waals surface area contributed by atoms with Gasteiger partial charge in [-0.25, -0.2) is 18.1 Å². The highest BCUT2D eigenvalue weighted by Gasteiger charge is 2.26. The van der Waals surface area contributed by atoms with Gasteiger partial charge in [0, 0.05) is 22.3 Å². The van der Waals surface area contributed by atoms with Gasteiger partial charge in [0.15, 0.2) is 0 Å². The molecule has 0 N–H and O–H groups in total. The van der Waals surface area contributed by atoms with Gasteiger partial charge >= 0.3 is 0 Å². The second-order valence-corrected chi connectivity index (χ2v) is 6.97. The standard InChI is InChI=1S/C10H12ClN3O2S2/c1-3-7-9(18(11,15)16)8(4-2)14(13-7)10-12-5-6-17-10/h5-6H,3-4H2,1-2H3. The van der Waals surface area contributed by atoms with Gasteiger partial charge in [0.25, 0.3) is 9.05 Å². The Labute approximate surface area is 114 Å². The fourth-order valence-corrected chi connectivity index (χ4v) is 3.92. The van der Waals surface area contributed by atoms with Crippen molar-refractivity contribution in [2.24, 2.45) is 0 Å². The molecule has 0 atom stereocenters. The number of thiazole rings is 1. The Bertz CT molecular complexity index is 647. The monoisotopic (exact) mass is 305 g/mol. The molecule has 0 aromatic carbocycles. The maximum Gasteiger partial charge on any atom is 0.265 e. The summed E-state index contributed by atoms with van der Waals surface area (Å²) >= 11 is 1.40. The fraction of sp³-hybridized carbons (Fsp3) is 0.400. The van der Waals surface area contributed by atoms with Gasteiger partial charge in [-0.2, -0.15) is 5.10 Å². The molecule has 0 saturated heterocycles. The van der Waals surface area contributed by atoms with E-state index in [1.807, 2.05) is 19.2 Å². The lowest BCUT2D eigenvalue weighted by atomic mass is 10.2. The number of halogens is 1. The number of rotatable bonds is 4. The highest BCUT2D eigenvalue weighted by molar-refractivity contribution is 8.13. The Kier molecular flexibility index (Phi) is 3.74. The van der Waals surface area contributed by atoms with Crippen LogP contribution >= 0.6 is 22.0 Å². The summed E-state index contributed by atoms with van der Waals surface area (Å²) in [6, 6.07) is 0. The largest absolute Gasteiger partial charge is 0.265 e. The fourth-order valence-electron chi connectivity index (χ4n) is 1.79. The number of aromatic nitrogens is 3. The summed E-state index contributed by atoms with van der Waals surface area (Å²) in [7, 11) is 1.71. The van der Waals surface area contributed by atoms with Crippen LogP contribution in [0.5, 0.6) is 0 Å². The van der Waals surface area contributed by atoms with Crippen LogP contribution in [0, 0.1) is 0 Å². The molecule has 0 aliphatic heterocycles. The van der Waals surface area contributed by atoms with E-state index in [-0.39, 0.29) is 4.90 Å². The summed E-state index contributed by atoms with van der Waals surface area (Å²) < 4.78 is 24.9. The van der Waals surface area contributed by atoms with Crippen LogP contribution in [0.25, 0.3) is 5.13 Å². The van der Waals surface area contributed by atoms with E-state index in [2.05, 4.69) is 10.1 Å². The molecule has 0 saturated carbocycles. The van der Waals surface area contributed by atoms with Crippen molar-refractivity contribution in [1.82, 2.24) is 14.8 Å². The molecule has 0 unspecified atom stereocenters. The zero-order chi connectivity index (χ0) is 13.3. The van der Waals surface area contributed by atoms with Crippen molar-refractivity contribution in [3.05, 3.63) is 23.0 Å². The van der Waals surface area contributed by atoms with E-state index in [4.69, 9.17) is 10.7 Å². The molecule has 2 rings (SSSR count). The summed E-state index contributed by atoms with van der Waals surface area (Å²) in [5.74, 6) is 0. The highest BCUT2D eigenvalue weighted by atomic mass is 35.7. The topological polar surface area (TPSA) is 64.8 Å². The zero-order valence-corrected chi connectivity index (χ0v) is 12.3. The Morgan fingerprint density at radius 3 is 2.56 bits per heavy atom. The summed E-state index contributed by atoms with van der Waals surface area (Å²) in [4.78, 5) is 4.28. The predicted molar refractivity (Wildman–Crippen MR) is 71.0 cm³/mol. The molecular weight excluding hydrogens is 294 g/mol. The molecule has 0 aliphatic carbocycles. The molecule has 0 bridgehead atoms.